The number of anilines is 1. The lowest BCUT2D eigenvalue weighted by molar-refractivity contribution is 0.102. The van der Waals surface area contributed by atoms with Crippen molar-refractivity contribution in [1.29, 1.82) is 0 Å². The van der Waals surface area contributed by atoms with Crippen molar-refractivity contribution in [2.75, 3.05) is 19.0 Å². The number of benzene rings is 1. The third kappa shape index (κ3) is 3.58. The van der Waals surface area contributed by atoms with Crippen LogP contribution in [0, 0.1) is 18.8 Å². The molecule has 0 radical (unpaired) electrons. The van der Waals surface area contributed by atoms with E-state index in [1.54, 1.807) is 25.1 Å². The number of hydrogen-bond donors (Lipinski definition) is 2. The largest absolute Gasteiger partial charge is 0.495 e. The van der Waals surface area contributed by atoms with Gasteiger partial charge in [-0.1, -0.05) is 17.0 Å². The second-order valence-corrected chi connectivity index (χ2v) is 3.98. The average Bonchev–Trinajstić information content (AvgIpc) is 2.89. The first kappa shape index (κ1) is 14.6. The van der Waals surface area contributed by atoms with E-state index in [2.05, 4.69) is 27.3 Å². The van der Waals surface area contributed by atoms with E-state index >= 15 is 0 Å². The maximum absolute atomic E-state index is 12.1. The van der Waals surface area contributed by atoms with Crippen molar-refractivity contribution in [1.82, 2.24) is 10.1 Å². The third-order valence-corrected chi connectivity index (χ3v) is 2.51. The number of nitrogens with one attached hydrogen (secondary N) is 1. The van der Waals surface area contributed by atoms with Gasteiger partial charge in [0.25, 0.3) is 5.91 Å². The van der Waals surface area contributed by atoms with Crippen LogP contribution in [0.3, 0.4) is 0 Å². The molecular weight excluding hydrogens is 274 g/mol. The fourth-order valence-corrected chi connectivity index (χ4v) is 1.60. The lowest BCUT2D eigenvalue weighted by Crippen LogP contribution is -2.12. The van der Waals surface area contributed by atoms with Gasteiger partial charge in [0.15, 0.2) is 5.82 Å². The van der Waals surface area contributed by atoms with Crippen molar-refractivity contribution in [3.05, 3.63) is 35.2 Å². The van der Waals surface area contributed by atoms with Gasteiger partial charge in [0.05, 0.1) is 12.7 Å². The molecule has 0 unspecified atom stereocenters. The summed E-state index contributed by atoms with van der Waals surface area (Å²) in [5.74, 6) is 5.76. The zero-order valence-corrected chi connectivity index (χ0v) is 11.5. The number of aromatic nitrogens is 2. The van der Waals surface area contributed by atoms with Crippen molar-refractivity contribution >= 4 is 11.9 Å². The molecule has 0 aliphatic carbocycles. The minimum absolute atomic E-state index is 0.0244. The Kier molecular flexibility index (Phi) is 4.53. The van der Waals surface area contributed by atoms with Crippen LogP contribution >= 0.6 is 0 Å². The Balaban J connectivity index is 2.24. The lowest BCUT2D eigenvalue weighted by Gasteiger charge is -2.06. The van der Waals surface area contributed by atoms with Crippen LogP contribution in [0.5, 0.6) is 5.75 Å². The quantitative estimate of drug-likeness (QED) is 0.817. The summed E-state index contributed by atoms with van der Waals surface area (Å²) in [5.41, 5.74) is 0.856. The number of aliphatic hydroxyl groups excluding tert-OH is 1. The average molecular weight is 287 g/mol. The van der Waals surface area contributed by atoms with Crippen LogP contribution in [0.2, 0.25) is 0 Å². The number of aryl methyl sites for hydroxylation is 1. The van der Waals surface area contributed by atoms with Crippen molar-refractivity contribution in [3.8, 4) is 17.6 Å². The Labute approximate surface area is 120 Å². The predicted molar refractivity (Wildman–Crippen MR) is 73.9 cm³/mol. The van der Waals surface area contributed by atoms with E-state index in [-0.39, 0.29) is 12.6 Å². The highest BCUT2D eigenvalue weighted by Crippen LogP contribution is 2.19. The summed E-state index contributed by atoms with van der Waals surface area (Å²) in [6.45, 7) is 1.37. The van der Waals surface area contributed by atoms with Crippen molar-refractivity contribution in [2.24, 2.45) is 0 Å². The summed E-state index contributed by atoms with van der Waals surface area (Å²) in [5, 5.41) is 14.8. The number of methoxy groups -OCH3 is 1. The van der Waals surface area contributed by atoms with Gasteiger partial charge in [0.1, 0.15) is 12.4 Å². The summed E-state index contributed by atoms with van der Waals surface area (Å²) in [6, 6.07) is 4.79. The molecule has 0 spiro atoms. The first-order valence-corrected chi connectivity index (χ1v) is 6.03. The van der Waals surface area contributed by atoms with E-state index in [0.717, 1.165) is 0 Å². The second-order valence-electron chi connectivity index (χ2n) is 3.98. The first-order valence-electron chi connectivity index (χ1n) is 6.03. The Morgan fingerprint density at radius 2 is 2.33 bits per heavy atom. The molecular formula is C14H13N3O4. The van der Waals surface area contributed by atoms with Gasteiger partial charge >= 0.3 is 6.01 Å². The lowest BCUT2D eigenvalue weighted by atomic mass is 10.1. The van der Waals surface area contributed by atoms with E-state index in [4.69, 9.17) is 14.4 Å². The zero-order valence-electron chi connectivity index (χ0n) is 11.5. The normalized spacial score (nSPS) is 9.67. The number of hydrogen-bond acceptors (Lipinski definition) is 6. The number of rotatable bonds is 3. The summed E-state index contributed by atoms with van der Waals surface area (Å²) >= 11 is 0. The molecule has 1 aromatic heterocycles. The van der Waals surface area contributed by atoms with Gasteiger partial charge in [-0.05, 0) is 25.1 Å². The van der Waals surface area contributed by atoms with Crippen LogP contribution in [0.1, 0.15) is 21.7 Å². The fraction of sp³-hybridized carbons (Fsp3) is 0.214. The molecule has 1 heterocycles. The zero-order chi connectivity index (χ0) is 15.2. The predicted octanol–water partition coefficient (Wildman–Crippen LogP) is 0.983. The van der Waals surface area contributed by atoms with Crippen LogP contribution in [-0.4, -0.2) is 34.9 Å². The van der Waals surface area contributed by atoms with Crippen LogP contribution < -0.4 is 10.1 Å². The number of carbonyl (C=O) groups is 1. The van der Waals surface area contributed by atoms with E-state index in [0.29, 0.717) is 22.7 Å². The summed E-state index contributed by atoms with van der Waals surface area (Å²) < 4.78 is 9.96. The van der Waals surface area contributed by atoms with Crippen LogP contribution in [0.4, 0.5) is 6.01 Å². The molecule has 2 aromatic rings. The number of amides is 1. The number of nitrogens with zero attached hydrogens (tertiary/aromatic N) is 2. The summed E-state index contributed by atoms with van der Waals surface area (Å²) in [6.07, 6.45) is 0. The minimum atomic E-state index is -0.409. The van der Waals surface area contributed by atoms with Crippen LogP contribution in [0.25, 0.3) is 0 Å². The molecule has 7 heteroatoms. The number of ether oxygens (including phenoxy) is 1. The molecule has 0 atom stereocenters. The Morgan fingerprint density at radius 3 is 2.95 bits per heavy atom. The van der Waals surface area contributed by atoms with E-state index in [1.807, 2.05) is 0 Å². The Morgan fingerprint density at radius 1 is 1.52 bits per heavy atom. The standard InChI is InChI=1S/C14H13N3O4/c1-9-15-14(21-17-9)16-13(19)11-5-6-12(20-2)10(8-11)4-3-7-18/h5-6,8,18H,7H2,1-2H3,(H,15,16,17,19). The van der Waals surface area contributed by atoms with Crippen LogP contribution in [0.15, 0.2) is 22.7 Å². The van der Waals surface area contributed by atoms with E-state index in [1.165, 1.54) is 7.11 Å². The van der Waals surface area contributed by atoms with Crippen molar-refractivity contribution in [2.45, 2.75) is 6.92 Å². The molecule has 0 saturated heterocycles. The van der Waals surface area contributed by atoms with Gasteiger partial charge in [0, 0.05) is 5.56 Å². The van der Waals surface area contributed by atoms with Crippen LogP contribution in [-0.2, 0) is 0 Å². The summed E-state index contributed by atoms with van der Waals surface area (Å²) in [4.78, 5) is 16.0. The van der Waals surface area contributed by atoms with Crippen molar-refractivity contribution < 1.29 is 19.2 Å². The Bertz CT molecular complexity index is 712. The number of aliphatic hydroxyl groups is 1. The van der Waals surface area contributed by atoms with E-state index < -0.39 is 5.91 Å². The molecule has 1 amide bonds. The topological polar surface area (TPSA) is 97.5 Å². The monoisotopic (exact) mass is 287 g/mol. The van der Waals surface area contributed by atoms with Gasteiger partial charge in [-0.25, -0.2) is 0 Å². The van der Waals surface area contributed by atoms with E-state index in [9.17, 15) is 4.79 Å². The molecule has 108 valence electrons. The molecule has 0 fully saturated rings. The highest BCUT2D eigenvalue weighted by molar-refractivity contribution is 6.03. The highest BCUT2D eigenvalue weighted by atomic mass is 16.5. The second kappa shape index (κ2) is 6.54. The number of carbonyl (C=O) groups excluding carboxylic acids is 1. The fourth-order valence-electron chi connectivity index (χ4n) is 1.60. The SMILES string of the molecule is COc1ccc(C(=O)Nc2nc(C)no2)cc1C#CCO. The van der Waals surface area contributed by atoms with Gasteiger partial charge < -0.3 is 14.4 Å². The molecule has 0 aliphatic rings. The van der Waals surface area contributed by atoms with Gasteiger partial charge in [-0.15, -0.1) is 0 Å². The maximum Gasteiger partial charge on any atom is 0.328 e. The molecule has 1 aromatic carbocycles. The molecule has 7 nitrogen and oxygen atoms in total. The van der Waals surface area contributed by atoms with Gasteiger partial charge in [-0.2, -0.15) is 4.98 Å². The van der Waals surface area contributed by atoms with Gasteiger partial charge in [0.2, 0.25) is 0 Å². The molecule has 21 heavy (non-hydrogen) atoms. The first-order chi connectivity index (χ1) is 10.1. The molecule has 2 N–H and O–H groups in total. The van der Waals surface area contributed by atoms with Gasteiger partial charge in [-0.3, -0.25) is 10.1 Å². The third-order valence-electron chi connectivity index (χ3n) is 2.51. The molecule has 0 bridgehead atoms. The van der Waals surface area contributed by atoms with Crippen molar-refractivity contribution in [3.63, 3.8) is 0 Å². The minimum Gasteiger partial charge on any atom is -0.495 e. The molecule has 0 aliphatic heterocycles. The molecule has 2 rings (SSSR count). The Hall–Kier alpha value is -2.85. The molecule has 0 saturated carbocycles. The highest BCUT2D eigenvalue weighted by Gasteiger charge is 2.12. The smallest absolute Gasteiger partial charge is 0.328 e. The maximum atomic E-state index is 12.1. The summed E-state index contributed by atoms with van der Waals surface area (Å²) in [7, 11) is 1.50.